The Morgan fingerprint density at radius 2 is 1.67 bits per heavy atom. The minimum absolute atomic E-state index is 0.258. The third-order valence-electron chi connectivity index (χ3n) is 3.78. The van der Waals surface area contributed by atoms with Gasteiger partial charge in [-0.3, -0.25) is 0 Å². The lowest BCUT2D eigenvalue weighted by atomic mass is 9.87. The van der Waals surface area contributed by atoms with Gasteiger partial charge in [0.15, 0.2) is 0 Å². The lowest BCUT2D eigenvalue weighted by molar-refractivity contribution is 0.442. The van der Waals surface area contributed by atoms with Crippen LogP contribution in [0.25, 0.3) is 0 Å². The van der Waals surface area contributed by atoms with E-state index in [0.717, 1.165) is 0 Å². The van der Waals surface area contributed by atoms with Gasteiger partial charge in [0.2, 0.25) is 0 Å². The largest absolute Gasteiger partial charge is 0.324 e. The van der Waals surface area contributed by atoms with Gasteiger partial charge in [-0.2, -0.15) is 0 Å². The molecule has 2 rings (SSSR count). The molecule has 1 saturated carbocycles. The Labute approximate surface area is 92.7 Å². The molecule has 82 valence electrons. The summed E-state index contributed by atoms with van der Waals surface area (Å²) in [5.41, 5.74) is 10.5. The second-order valence-electron chi connectivity index (χ2n) is 4.88. The summed E-state index contributed by atoms with van der Waals surface area (Å²) in [6.45, 7) is 4.36. The van der Waals surface area contributed by atoms with E-state index in [-0.39, 0.29) is 6.04 Å². The summed E-state index contributed by atoms with van der Waals surface area (Å²) in [4.78, 5) is 0. The highest BCUT2D eigenvalue weighted by molar-refractivity contribution is 5.36. The van der Waals surface area contributed by atoms with Crippen molar-refractivity contribution in [3.05, 3.63) is 34.9 Å². The predicted octanol–water partition coefficient (Wildman–Crippen LogP) is 3.49. The highest BCUT2D eigenvalue weighted by atomic mass is 14.7. The molecule has 1 heteroatoms. The molecule has 1 aliphatic carbocycles. The van der Waals surface area contributed by atoms with Crippen molar-refractivity contribution in [2.45, 2.75) is 45.6 Å². The number of benzene rings is 1. The molecule has 1 unspecified atom stereocenters. The van der Waals surface area contributed by atoms with Gasteiger partial charge in [0.1, 0.15) is 0 Å². The first-order valence-corrected chi connectivity index (χ1v) is 6.02. The highest BCUT2D eigenvalue weighted by Gasteiger charge is 2.24. The molecule has 1 aromatic rings. The van der Waals surface area contributed by atoms with Crippen LogP contribution in [0.2, 0.25) is 0 Å². The van der Waals surface area contributed by atoms with Crippen LogP contribution in [0.3, 0.4) is 0 Å². The molecule has 0 aromatic heterocycles. The topological polar surface area (TPSA) is 26.0 Å². The molecule has 0 amide bonds. The van der Waals surface area contributed by atoms with Crippen LogP contribution in [0.15, 0.2) is 18.2 Å². The van der Waals surface area contributed by atoms with E-state index in [1.54, 1.807) is 0 Å². The monoisotopic (exact) mass is 203 g/mol. The van der Waals surface area contributed by atoms with Crippen LogP contribution in [-0.2, 0) is 0 Å². The van der Waals surface area contributed by atoms with Crippen LogP contribution in [0.1, 0.15) is 48.4 Å². The van der Waals surface area contributed by atoms with Crippen LogP contribution in [-0.4, -0.2) is 0 Å². The molecule has 0 saturated heterocycles. The van der Waals surface area contributed by atoms with Gasteiger partial charge >= 0.3 is 0 Å². The van der Waals surface area contributed by atoms with E-state index in [2.05, 4.69) is 32.0 Å². The summed E-state index contributed by atoms with van der Waals surface area (Å²) in [6, 6.07) is 6.73. The summed E-state index contributed by atoms with van der Waals surface area (Å²) in [5.74, 6) is 0.713. The smallest absolute Gasteiger partial charge is 0.0328 e. The van der Waals surface area contributed by atoms with Crippen molar-refractivity contribution in [2.75, 3.05) is 0 Å². The Balaban J connectivity index is 2.27. The second-order valence-corrected chi connectivity index (χ2v) is 4.88. The first-order valence-electron chi connectivity index (χ1n) is 6.02. The lowest BCUT2D eigenvalue weighted by Gasteiger charge is -2.23. The molecule has 1 nitrogen and oxygen atoms in total. The van der Waals surface area contributed by atoms with Crippen LogP contribution >= 0.6 is 0 Å². The summed E-state index contributed by atoms with van der Waals surface area (Å²) >= 11 is 0. The van der Waals surface area contributed by atoms with Gasteiger partial charge in [-0.25, -0.2) is 0 Å². The van der Waals surface area contributed by atoms with E-state index in [1.165, 1.54) is 42.4 Å². The fourth-order valence-corrected chi connectivity index (χ4v) is 2.91. The molecule has 0 aliphatic heterocycles. The van der Waals surface area contributed by atoms with E-state index in [1.807, 2.05) is 0 Å². The summed E-state index contributed by atoms with van der Waals surface area (Å²) in [7, 11) is 0. The quantitative estimate of drug-likeness (QED) is 0.782. The van der Waals surface area contributed by atoms with Gasteiger partial charge in [0.05, 0.1) is 0 Å². The number of hydrogen-bond acceptors (Lipinski definition) is 1. The average Bonchev–Trinajstić information content (AvgIpc) is 2.69. The van der Waals surface area contributed by atoms with Crippen molar-refractivity contribution in [2.24, 2.45) is 11.7 Å². The van der Waals surface area contributed by atoms with Crippen molar-refractivity contribution in [3.63, 3.8) is 0 Å². The van der Waals surface area contributed by atoms with Crippen molar-refractivity contribution in [1.29, 1.82) is 0 Å². The first-order chi connectivity index (χ1) is 7.20. The maximum absolute atomic E-state index is 6.40. The van der Waals surface area contributed by atoms with E-state index >= 15 is 0 Å². The van der Waals surface area contributed by atoms with Crippen LogP contribution in [0.4, 0.5) is 0 Å². The molecule has 1 aromatic carbocycles. The minimum Gasteiger partial charge on any atom is -0.324 e. The molecular formula is C14H21N. The fraction of sp³-hybridized carbons (Fsp3) is 0.571. The van der Waals surface area contributed by atoms with E-state index in [0.29, 0.717) is 5.92 Å². The summed E-state index contributed by atoms with van der Waals surface area (Å²) in [6.07, 6.45) is 5.36. The molecular weight excluding hydrogens is 182 g/mol. The third kappa shape index (κ3) is 2.07. The van der Waals surface area contributed by atoms with Crippen molar-refractivity contribution >= 4 is 0 Å². The van der Waals surface area contributed by atoms with Gasteiger partial charge in [0.25, 0.3) is 0 Å². The summed E-state index contributed by atoms with van der Waals surface area (Å²) < 4.78 is 0. The molecule has 2 N–H and O–H groups in total. The molecule has 0 radical (unpaired) electrons. The predicted molar refractivity (Wildman–Crippen MR) is 64.8 cm³/mol. The van der Waals surface area contributed by atoms with E-state index < -0.39 is 0 Å². The van der Waals surface area contributed by atoms with Crippen molar-refractivity contribution in [1.82, 2.24) is 0 Å². The van der Waals surface area contributed by atoms with Gasteiger partial charge in [-0.1, -0.05) is 31.0 Å². The molecule has 0 bridgehead atoms. The standard InChI is InChI=1S/C14H21N/c1-10-6-5-7-11(2)13(10)14(15)12-8-3-4-9-12/h5-7,12,14H,3-4,8-9,15H2,1-2H3. The second kappa shape index (κ2) is 4.36. The van der Waals surface area contributed by atoms with Gasteiger partial charge in [0, 0.05) is 6.04 Å². The minimum atomic E-state index is 0.258. The zero-order valence-electron chi connectivity index (χ0n) is 9.79. The van der Waals surface area contributed by atoms with Crippen LogP contribution in [0, 0.1) is 19.8 Å². The SMILES string of the molecule is Cc1cccc(C)c1C(N)C1CCCC1. The Kier molecular flexibility index (Phi) is 3.11. The third-order valence-corrected chi connectivity index (χ3v) is 3.78. The van der Waals surface area contributed by atoms with Gasteiger partial charge < -0.3 is 5.73 Å². The number of nitrogens with two attached hydrogens (primary N) is 1. The van der Waals surface area contributed by atoms with Gasteiger partial charge in [-0.15, -0.1) is 0 Å². The van der Waals surface area contributed by atoms with Gasteiger partial charge in [-0.05, 0) is 49.3 Å². The van der Waals surface area contributed by atoms with Crippen LogP contribution < -0.4 is 5.73 Å². The summed E-state index contributed by atoms with van der Waals surface area (Å²) in [5, 5.41) is 0. The number of rotatable bonds is 2. The zero-order valence-corrected chi connectivity index (χ0v) is 9.79. The van der Waals surface area contributed by atoms with E-state index in [9.17, 15) is 0 Å². The number of hydrogen-bond donors (Lipinski definition) is 1. The number of aryl methyl sites for hydroxylation is 2. The Morgan fingerprint density at radius 3 is 2.20 bits per heavy atom. The van der Waals surface area contributed by atoms with Crippen LogP contribution in [0.5, 0.6) is 0 Å². The Morgan fingerprint density at radius 1 is 1.13 bits per heavy atom. The molecule has 0 heterocycles. The highest BCUT2D eigenvalue weighted by Crippen LogP contribution is 2.36. The fourth-order valence-electron chi connectivity index (χ4n) is 2.91. The molecule has 1 fully saturated rings. The first kappa shape index (κ1) is 10.7. The maximum Gasteiger partial charge on any atom is 0.0328 e. The lowest BCUT2D eigenvalue weighted by Crippen LogP contribution is -2.21. The average molecular weight is 203 g/mol. The molecule has 1 aliphatic rings. The normalized spacial score (nSPS) is 19.4. The van der Waals surface area contributed by atoms with Crippen molar-refractivity contribution < 1.29 is 0 Å². The zero-order chi connectivity index (χ0) is 10.8. The molecule has 0 spiro atoms. The van der Waals surface area contributed by atoms with E-state index in [4.69, 9.17) is 5.73 Å². The molecule has 15 heavy (non-hydrogen) atoms. The Bertz CT molecular complexity index is 317. The Hall–Kier alpha value is -0.820. The van der Waals surface area contributed by atoms with Crippen molar-refractivity contribution in [3.8, 4) is 0 Å². The molecule has 1 atom stereocenters. The maximum atomic E-state index is 6.40.